The first kappa shape index (κ1) is 23.5. The molecule has 0 bridgehead atoms. The molecule has 4 aromatic heterocycles. The molecule has 184 valence electrons. The lowest BCUT2D eigenvalue weighted by molar-refractivity contribution is -0.132. The lowest BCUT2D eigenvalue weighted by Gasteiger charge is -2.33. The number of aromatic amines is 1. The van der Waals surface area contributed by atoms with Crippen molar-refractivity contribution in [1.82, 2.24) is 34.4 Å². The first-order valence-corrected chi connectivity index (χ1v) is 12.5. The second-order valence-corrected chi connectivity index (χ2v) is 10.5. The monoisotopic (exact) mass is 473 g/mol. The van der Waals surface area contributed by atoms with Crippen LogP contribution < -0.4 is 0 Å². The Labute approximate surface area is 206 Å². The quantitative estimate of drug-likeness (QED) is 0.468. The summed E-state index contributed by atoms with van der Waals surface area (Å²) in [6.07, 6.45) is 5.54. The van der Waals surface area contributed by atoms with Crippen molar-refractivity contribution in [3.63, 3.8) is 0 Å². The zero-order chi connectivity index (χ0) is 24.9. The SMILES string of the molecule is Cc1cc2[nH]c(-c3cc(C)c4ncnn4c3)c(C(C)C)c2nc1C1CCN(C(=O)CN(C)C)CC1. The third-order valence-electron chi connectivity index (χ3n) is 7.15. The molecule has 5 rings (SSSR count). The standard InChI is InChI=1S/C27H35N7O/c1-16(2)23-25(20-11-18(4)27-28-15-29-34(27)13-20)30-21-12-17(3)24(31-26(21)23)19-7-9-33(10-8-19)22(35)14-32(5)6/h11-13,15-16,19,30H,7-10,14H2,1-6H3. The number of fused-ring (bicyclic) bond motifs is 2. The predicted molar refractivity (Wildman–Crippen MR) is 139 cm³/mol. The average Bonchev–Trinajstić information content (AvgIpc) is 3.43. The Hall–Kier alpha value is -3.26. The van der Waals surface area contributed by atoms with E-state index >= 15 is 0 Å². The third-order valence-corrected chi connectivity index (χ3v) is 7.15. The number of carbonyl (C=O) groups excluding carboxylic acids is 1. The lowest BCUT2D eigenvalue weighted by atomic mass is 9.90. The van der Waals surface area contributed by atoms with Crippen LogP contribution in [0.4, 0.5) is 0 Å². The van der Waals surface area contributed by atoms with E-state index in [9.17, 15) is 4.79 Å². The zero-order valence-corrected chi connectivity index (χ0v) is 21.6. The second kappa shape index (κ2) is 9.07. The highest BCUT2D eigenvalue weighted by molar-refractivity contribution is 5.89. The molecule has 1 saturated heterocycles. The summed E-state index contributed by atoms with van der Waals surface area (Å²) in [5.74, 6) is 0.888. The van der Waals surface area contributed by atoms with Gasteiger partial charge in [0.15, 0.2) is 5.65 Å². The summed E-state index contributed by atoms with van der Waals surface area (Å²) in [4.78, 5) is 29.7. The van der Waals surface area contributed by atoms with Crippen LogP contribution in [-0.2, 0) is 4.79 Å². The van der Waals surface area contributed by atoms with E-state index in [1.165, 1.54) is 16.8 Å². The van der Waals surface area contributed by atoms with Gasteiger partial charge < -0.3 is 14.8 Å². The van der Waals surface area contributed by atoms with E-state index in [2.05, 4.69) is 54.9 Å². The Morgan fingerprint density at radius 3 is 2.60 bits per heavy atom. The number of hydrogen-bond acceptors (Lipinski definition) is 5. The lowest BCUT2D eigenvalue weighted by Crippen LogP contribution is -2.42. The summed E-state index contributed by atoms with van der Waals surface area (Å²) in [5.41, 5.74) is 9.90. The Kier molecular flexibility index (Phi) is 6.09. The third kappa shape index (κ3) is 4.31. The van der Waals surface area contributed by atoms with Crippen molar-refractivity contribution in [2.24, 2.45) is 0 Å². The Balaban J connectivity index is 1.51. The average molecular weight is 474 g/mol. The fourth-order valence-corrected chi connectivity index (χ4v) is 5.46. The van der Waals surface area contributed by atoms with Crippen LogP contribution in [-0.4, -0.2) is 74.0 Å². The van der Waals surface area contributed by atoms with E-state index in [-0.39, 0.29) is 5.91 Å². The van der Waals surface area contributed by atoms with E-state index in [0.29, 0.717) is 18.4 Å². The van der Waals surface area contributed by atoms with Crippen molar-refractivity contribution in [2.45, 2.75) is 52.4 Å². The number of likely N-dealkylation sites (tertiary alicyclic amines) is 1. The summed E-state index contributed by atoms with van der Waals surface area (Å²) in [7, 11) is 3.88. The van der Waals surface area contributed by atoms with Gasteiger partial charge in [-0.2, -0.15) is 5.10 Å². The number of aryl methyl sites for hydroxylation is 2. The van der Waals surface area contributed by atoms with E-state index < -0.39 is 0 Å². The van der Waals surface area contributed by atoms with Gasteiger partial charge in [0.2, 0.25) is 5.91 Å². The number of H-pyrrole nitrogens is 1. The van der Waals surface area contributed by atoms with E-state index in [0.717, 1.165) is 59.4 Å². The molecule has 35 heavy (non-hydrogen) atoms. The minimum atomic E-state index is 0.214. The zero-order valence-electron chi connectivity index (χ0n) is 21.6. The van der Waals surface area contributed by atoms with Gasteiger partial charge in [-0.3, -0.25) is 9.78 Å². The molecule has 0 unspecified atom stereocenters. The van der Waals surface area contributed by atoms with Crippen LogP contribution in [0.15, 0.2) is 24.7 Å². The number of piperidine rings is 1. The van der Waals surface area contributed by atoms with Gasteiger partial charge in [-0.15, -0.1) is 0 Å². The second-order valence-electron chi connectivity index (χ2n) is 10.5. The van der Waals surface area contributed by atoms with Crippen LogP contribution in [0.3, 0.4) is 0 Å². The molecule has 0 aliphatic carbocycles. The van der Waals surface area contributed by atoms with Crippen LogP contribution in [0.1, 0.15) is 60.9 Å². The highest BCUT2D eigenvalue weighted by atomic mass is 16.2. The van der Waals surface area contributed by atoms with Gasteiger partial charge in [0.25, 0.3) is 0 Å². The highest BCUT2D eigenvalue weighted by Crippen LogP contribution is 2.38. The maximum atomic E-state index is 12.5. The van der Waals surface area contributed by atoms with E-state index in [1.54, 1.807) is 6.33 Å². The van der Waals surface area contributed by atoms with Gasteiger partial charge in [0.05, 0.1) is 23.3 Å². The van der Waals surface area contributed by atoms with Crippen molar-refractivity contribution in [3.05, 3.63) is 47.0 Å². The largest absolute Gasteiger partial charge is 0.353 e. The van der Waals surface area contributed by atoms with E-state index in [4.69, 9.17) is 4.98 Å². The molecule has 8 heteroatoms. The smallest absolute Gasteiger partial charge is 0.236 e. The number of nitrogens with zero attached hydrogens (tertiary/aromatic N) is 6. The van der Waals surface area contributed by atoms with Crippen molar-refractivity contribution in [3.8, 4) is 11.3 Å². The Bertz CT molecular complexity index is 1390. The van der Waals surface area contributed by atoms with Crippen molar-refractivity contribution in [2.75, 3.05) is 33.7 Å². The molecule has 8 nitrogen and oxygen atoms in total. The molecule has 0 radical (unpaired) electrons. The Morgan fingerprint density at radius 2 is 1.91 bits per heavy atom. The molecule has 0 saturated carbocycles. The van der Waals surface area contributed by atoms with Gasteiger partial charge in [-0.25, -0.2) is 9.50 Å². The van der Waals surface area contributed by atoms with Crippen molar-refractivity contribution in [1.29, 1.82) is 0 Å². The van der Waals surface area contributed by atoms with Gasteiger partial charge >= 0.3 is 0 Å². The molecule has 1 aliphatic heterocycles. The number of pyridine rings is 2. The van der Waals surface area contributed by atoms with Crippen molar-refractivity contribution < 1.29 is 4.79 Å². The van der Waals surface area contributed by atoms with Gasteiger partial charge in [0, 0.05) is 42.0 Å². The summed E-state index contributed by atoms with van der Waals surface area (Å²) in [6, 6.07) is 4.42. The predicted octanol–water partition coefficient (Wildman–Crippen LogP) is 4.28. The highest BCUT2D eigenvalue weighted by Gasteiger charge is 2.27. The first-order valence-electron chi connectivity index (χ1n) is 12.5. The number of nitrogens with one attached hydrogen (secondary N) is 1. The molecule has 1 aliphatic rings. The molecule has 1 amide bonds. The van der Waals surface area contributed by atoms with Gasteiger partial charge in [-0.05, 0) is 70.0 Å². The van der Waals surface area contributed by atoms with Crippen LogP contribution in [0.25, 0.3) is 27.9 Å². The molecule has 0 atom stereocenters. The van der Waals surface area contributed by atoms with Gasteiger partial charge in [0.1, 0.15) is 6.33 Å². The number of hydrogen-bond donors (Lipinski definition) is 1. The number of amides is 1. The van der Waals surface area contributed by atoms with Crippen molar-refractivity contribution >= 4 is 22.6 Å². The number of aromatic nitrogens is 5. The molecule has 0 aromatic carbocycles. The minimum Gasteiger partial charge on any atom is -0.353 e. The summed E-state index contributed by atoms with van der Waals surface area (Å²) < 4.78 is 1.84. The number of carbonyl (C=O) groups is 1. The molecule has 5 heterocycles. The summed E-state index contributed by atoms with van der Waals surface area (Å²) in [6.45, 7) is 10.7. The van der Waals surface area contributed by atoms with E-state index in [1.807, 2.05) is 34.6 Å². The minimum absolute atomic E-state index is 0.214. The molecular formula is C27H35N7O. The summed E-state index contributed by atoms with van der Waals surface area (Å²) >= 11 is 0. The maximum Gasteiger partial charge on any atom is 0.236 e. The normalized spacial score (nSPS) is 15.3. The van der Waals surface area contributed by atoms with Crippen LogP contribution in [0.2, 0.25) is 0 Å². The van der Waals surface area contributed by atoms with Crippen LogP contribution in [0.5, 0.6) is 0 Å². The van der Waals surface area contributed by atoms with Gasteiger partial charge in [-0.1, -0.05) is 13.8 Å². The van der Waals surface area contributed by atoms with Crippen LogP contribution in [0, 0.1) is 13.8 Å². The fourth-order valence-electron chi connectivity index (χ4n) is 5.46. The van der Waals surface area contributed by atoms with Crippen LogP contribution >= 0.6 is 0 Å². The topological polar surface area (TPSA) is 82.4 Å². The molecule has 4 aromatic rings. The molecular weight excluding hydrogens is 438 g/mol. The number of rotatable bonds is 5. The molecule has 1 fully saturated rings. The Morgan fingerprint density at radius 1 is 1.17 bits per heavy atom. The molecule has 0 spiro atoms. The first-order chi connectivity index (χ1) is 16.7. The maximum absolute atomic E-state index is 12.5. The number of likely N-dealkylation sites (N-methyl/N-ethyl adjacent to an activating group) is 1. The summed E-state index contributed by atoms with van der Waals surface area (Å²) in [5, 5.41) is 4.36. The fraction of sp³-hybridized carbons (Fsp3) is 0.481. The molecule has 1 N–H and O–H groups in total.